The van der Waals surface area contributed by atoms with E-state index in [0.29, 0.717) is 0 Å². The lowest BCUT2D eigenvalue weighted by Crippen LogP contribution is -1.95. The summed E-state index contributed by atoms with van der Waals surface area (Å²) in [6.07, 6.45) is 3.93. The summed E-state index contributed by atoms with van der Waals surface area (Å²) in [7, 11) is 0. The van der Waals surface area contributed by atoms with Gasteiger partial charge in [0, 0.05) is 0 Å². The second kappa shape index (κ2) is 2.43. The Kier molecular flexibility index (Phi) is 1.82. The normalized spacial score (nSPS) is 18.1. The van der Waals surface area contributed by atoms with Crippen LogP contribution >= 0.6 is 27.9 Å². The van der Waals surface area contributed by atoms with Gasteiger partial charge in [-0.25, -0.2) is 0 Å². The highest BCUT2D eigenvalue weighted by molar-refractivity contribution is 9.11. The first-order valence-corrected chi connectivity index (χ1v) is 3.51. The van der Waals surface area contributed by atoms with Crippen LogP contribution in [0.1, 0.15) is 0 Å². The Morgan fingerprint density at radius 1 is 1.71 bits per heavy atom. The van der Waals surface area contributed by atoms with Crippen molar-refractivity contribution in [2.45, 2.75) is 0 Å². The number of allylic oxidation sites excluding steroid dienone is 2. The van der Waals surface area contributed by atoms with Crippen LogP contribution in [0.15, 0.2) is 22.2 Å². The van der Waals surface area contributed by atoms with Crippen LogP contribution in [0, 0.1) is 0 Å². The van der Waals surface area contributed by atoms with Crippen molar-refractivity contribution in [3.8, 4) is 0 Å². The molecule has 1 rings (SSSR count). The lowest BCUT2D eigenvalue weighted by molar-refractivity contribution is 1.39. The van der Waals surface area contributed by atoms with Crippen LogP contribution in [0.4, 0.5) is 0 Å². The molecular weight excluding hydrogens is 174 g/mol. The molecule has 1 N–H and O–H groups in total. The number of rotatable bonds is 0. The van der Waals surface area contributed by atoms with Crippen LogP contribution in [-0.4, -0.2) is 0 Å². The molecule has 0 saturated heterocycles. The zero-order chi connectivity index (χ0) is 5.11. The summed E-state index contributed by atoms with van der Waals surface area (Å²) < 4.78 is 4.02. The molecule has 0 aromatic carbocycles. The van der Waals surface area contributed by atoms with Crippen LogP contribution in [0.2, 0.25) is 0 Å². The molecule has 38 valence electrons. The summed E-state index contributed by atoms with van der Waals surface area (Å²) in [6, 6.07) is 0. The van der Waals surface area contributed by atoms with Crippen LogP contribution in [0.25, 0.3) is 0 Å². The summed E-state index contributed by atoms with van der Waals surface area (Å²) in [5, 5.41) is 1.98. The van der Waals surface area contributed by atoms with Gasteiger partial charge < -0.3 is 4.72 Å². The highest BCUT2D eigenvalue weighted by atomic mass is 79.9. The van der Waals surface area contributed by atoms with Crippen molar-refractivity contribution in [3.63, 3.8) is 0 Å². The third-order valence-electron chi connectivity index (χ3n) is 0.546. The van der Waals surface area contributed by atoms with Crippen molar-refractivity contribution >= 4 is 27.9 Å². The first-order chi connectivity index (χ1) is 3.39. The van der Waals surface area contributed by atoms with Gasteiger partial charge in [-0.1, -0.05) is 6.08 Å². The van der Waals surface area contributed by atoms with Crippen LogP contribution in [-0.2, 0) is 0 Å². The van der Waals surface area contributed by atoms with Crippen molar-refractivity contribution in [1.29, 1.82) is 0 Å². The molecule has 0 aliphatic carbocycles. The highest BCUT2D eigenvalue weighted by Gasteiger charge is 1.88. The summed E-state index contributed by atoms with van der Waals surface area (Å²) in [5.74, 6) is 0. The molecule has 1 aliphatic rings. The Morgan fingerprint density at radius 3 is 2.86 bits per heavy atom. The molecule has 0 aromatic heterocycles. The van der Waals surface area contributed by atoms with Gasteiger partial charge in [-0.3, -0.25) is 0 Å². The fraction of sp³-hybridized carbons (Fsp3) is 0. The van der Waals surface area contributed by atoms with Gasteiger partial charge in [0.2, 0.25) is 0 Å². The van der Waals surface area contributed by atoms with E-state index < -0.39 is 0 Å². The maximum absolute atomic E-state index is 3.27. The Hall–Kier alpha value is 0.110. The van der Waals surface area contributed by atoms with E-state index in [9.17, 15) is 0 Å². The summed E-state index contributed by atoms with van der Waals surface area (Å²) in [6.45, 7) is 0. The predicted molar refractivity (Wildman–Crippen MR) is 36.9 cm³/mol. The minimum absolute atomic E-state index is 1.03. The van der Waals surface area contributed by atoms with E-state index in [1.807, 2.05) is 17.6 Å². The molecule has 1 nitrogen and oxygen atoms in total. The maximum atomic E-state index is 3.27. The number of hydrogen-bond acceptors (Lipinski definition) is 2. The Morgan fingerprint density at radius 2 is 2.57 bits per heavy atom. The van der Waals surface area contributed by atoms with Crippen LogP contribution in [0.3, 0.4) is 0 Å². The molecule has 0 bridgehead atoms. The van der Waals surface area contributed by atoms with E-state index >= 15 is 0 Å². The molecule has 1 heterocycles. The first-order valence-electron chi connectivity index (χ1n) is 1.83. The predicted octanol–water partition coefficient (Wildman–Crippen LogP) is 1.99. The first kappa shape index (κ1) is 5.25. The van der Waals surface area contributed by atoms with Crippen molar-refractivity contribution < 1.29 is 0 Å². The van der Waals surface area contributed by atoms with E-state index in [1.54, 1.807) is 11.9 Å². The quantitative estimate of drug-likeness (QED) is 0.449. The smallest absolute Gasteiger partial charge is 0.0881 e. The van der Waals surface area contributed by atoms with E-state index in [1.165, 1.54) is 0 Å². The second-order valence-corrected chi connectivity index (χ2v) is 2.63. The lowest BCUT2D eigenvalue weighted by atomic mass is 10.6. The van der Waals surface area contributed by atoms with Crippen molar-refractivity contribution in [1.82, 2.24) is 4.72 Å². The third kappa shape index (κ3) is 1.57. The monoisotopic (exact) mass is 177 g/mol. The van der Waals surface area contributed by atoms with Crippen molar-refractivity contribution in [2.75, 3.05) is 0 Å². The Balaban J connectivity index is 2.57. The molecule has 1 aliphatic heterocycles. The van der Waals surface area contributed by atoms with E-state index in [2.05, 4.69) is 20.7 Å². The van der Waals surface area contributed by atoms with E-state index in [-0.39, 0.29) is 0 Å². The molecule has 0 saturated carbocycles. The standard InChI is InChI=1S/C4H4BrNS/c5-4-2-1-3-7-6-4/h1-3,6H. The summed E-state index contributed by atoms with van der Waals surface area (Å²) in [4.78, 5) is 0. The van der Waals surface area contributed by atoms with Gasteiger partial charge in [-0.15, -0.1) is 0 Å². The molecule has 0 fully saturated rings. The summed E-state index contributed by atoms with van der Waals surface area (Å²) >= 11 is 4.82. The fourth-order valence-corrected chi connectivity index (χ4v) is 1.13. The van der Waals surface area contributed by atoms with Gasteiger partial charge >= 0.3 is 0 Å². The van der Waals surface area contributed by atoms with Gasteiger partial charge in [0.1, 0.15) is 0 Å². The van der Waals surface area contributed by atoms with Gasteiger partial charge in [-0.2, -0.15) is 0 Å². The topological polar surface area (TPSA) is 12.0 Å². The molecule has 0 spiro atoms. The second-order valence-electron chi connectivity index (χ2n) is 1.06. The molecule has 0 atom stereocenters. The van der Waals surface area contributed by atoms with Crippen LogP contribution in [0.5, 0.6) is 0 Å². The van der Waals surface area contributed by atoms with E-state index in [0.717, 1.165) is 4.61 Å². The SMILES string of the molecule is BrC1=CC=CSN1. The van der Waals surface area contributed by atoms with Crippen molar-refractivity contribution in [2.24, 2.45) is 0 Å². The fourth-order valence-electron chi connectivity index (χ4n) is 0.287. The molecule has 0 amide bonds. The zero-order valence-electron chi connectivity index (χ0n) is 3.52. The third-order valence-corrected chi connectivity index (χ3v) is 1.90. The number of nitrogens with one attached hydrogen (secondary N) is 1. The Labute approximate surface area is 55.1 Å². The van der Waals surface area contributed by atoms with Gasteiger partial charge in [0.05, 0.1) is 4.61 Å². The maximum Gasteiger partial charge on any atom is 0.0881 e. The largest absolute Gasteiger partial charge is 0.320 e. The molecule has 0 radical (unpaired) electrons. The van der Waals surface area contributed by atoms with Gasteiger partial charge in [0.25, 0.3) is 0 Å². The minimum Gasteiger partial charge on any atom is -0.320 e. The zero-order valence-corrected chi connectivity index (χ0v) is 5.92. The average Bonchev–Trinajstić information content (AvgIpc) is 1.69. The number of hydrogen-bond donors (Lipinski definition) is 1. The summed E-state index contributed by atoms with van der Waals surface area (Å²) in [5.41, 5.74) is 0. The van der Waals surface area contributed by atoms with Gasteiger partial charge in [-0.05, 0) is 39.4 Å². The van der Waals surface area contributed by atoms with E-state index in [4.69, 9.17) is 0 Å². The molecule has 0 unspecified atom stereocenters. The molecule has 7 heavy (non-hydrogen) atoms. The van der Waals surface area contributed by atoms with Gasteiger partial charge in [0.15, 0.2) is 0 Å². The number of halogens is 1. The minimum atomic E-state index is 1.03. The average molecular weight is 178 g/mol. The molecule has 0 aromatic rings. The Bertz CT molecular complexity index is 119. The molecule has 3 heteroatoms. The van der Waals surface area contributed by atoms with Crippen molar-refractivity contribution in [3.05, 3.63) is 22.2 Å². The lowest BCUT2D eigenvalue weighted by Gasteiger charge is -2.00. The van der Waals surface area contributed by atoms with Crippen LogP contribution < -0.4 is 4.72 Å². The highest BCUT2D eigenvalue weighted by Crippen LogP contribution is 2.11. The molecular formula is C4H4BrNS.